The lowest BCUT2D eigenvalue weighted by Gasteiger charge is -2.17. The first-order chi connectivity index (χ1) is 9.11. The van der Waals surface area contributed by atoms with Crippen molar-refractivity contribution in [1.82, 2.24) is 5.32 Å². The first-order valence-corrected chi connectivity index (χ1v) is 6.25. The second-order valence-corrected chi connectivity index (χ2v) is 4.74. The van der Waals surface area contributed by atoms with Crippen LogP contribution in [0.3, 0.4) is 0 Å². The first kappa shape index (κ1) is 13.5. The topological polar surface area (TPSA) is 106 Å². The number of nitrogens with zero attached hydrogens (tertiary/aromatic N) is 1. The number of carbonyl (C=O) groups is 1. The number of nitro groups is 1. The third kappa shape index (κ3) is 3.11. The fraction of sp³-hybridized carbons (Fsp3) is 0.583. The smallest absolute Gasteiger partial charge is 0.396 e. The molecule has 2 rings (SSSR count). The highest BCUT2D eigenvalue weighted by atomic mass is 16.6. The molecule has 7 nitrogen and oxygen atoms in total. The maximum atomic E-state index is 11.7. The van der Waals surface area contributed by atoms with Gasteiger partial charge in [-0.05, 0) is 30.7 Å². The molecule has 1 aliphatic rings. The van der Waals surface area contributed by atoms with Gasteiger partial charge in [-0.25, -0.2) is 0 Å². The van der Waals surface area contributed by atoms with Gasteiger partial charge in [0.1, 0.15) is 4.92 Å². The maximum absolute atomic E-state index is 11.7. The lowest BCUT2D eigenvalue weighted by Crippen LogP contribution is -2.31. The highest BCUT2D eigenvalue weighted by Crippen LogP contribution is 2.30. The summed E-state index contributed by atoms with van der Waals surface area (Å²) in [4.78, 5) is 21.5. The Morgan fingerprint density at radius 2 is 2.21 bits per heavy atom. The number of carbonyl (C=O) groups excluding carboxylic acids is 1. The number of amides is 1. The molecule has 2 N–H and O–H groups in total. The number of rotatable bonds is 5. The van der Waals surface area contributed by atoms with Crippen LogP contribution in [-0.2, 0) is 0 Å². The summed E-state index contributed by atoms with van der Waals surface area (Å²) >= 11 is 0. The van der Waals surface area contributed by atoms with Crippen molar-refractivity contribution in [3.63, 3.8) is 0 Å². The fourth-order valence-electron chi connectivity index (χ4n) is 2.48. The van der Waals surface area contributed by atoms with Crippen molar-refractivity contribution in [2.45, 2.75) is 19.3 Å². The minimum absolute atomic E-state index is 0.0646. The van der Waals surface area contributed by atoms with Crippen LogP contribution in [0.4, 0.5) is 5.88 Å². The van der Waals surface area contributed by atoms with Crippen molar-refractivity contribution in [2.75, 3.05) is 13.2 Å². The molecule has 0 aliphatic heterocycles. The summed E-state index contributed by atoms with van der Waals surface area (Å²) in [6.45, 7) is 0.589. The Kier molecular flexibility index (Phi) is 4.16. The molecule has 1 aromatic heterocycles. The first-order valence-electron chi connectivity index (χ1n) is 6.25. The van der Waals surface area contributed by atoms with Crippen molar-refractivity contribution >= 4 is 11.8 Å². The molecule has 1 saturated carbocycles. The van der Waals surface area contributed by atoms with E-state index in [2.05, 4.69) is 5.32 Å². The van der Waals surface area contributed by atoms with Gasteiger partial charge < -0.3 is 14.8 Å². The highest BCUT2D eigenvalue weighted by molar-refractivity contribution is 5.91. The Labute approximate surface area is 109 Å². The standard InChI is InChI=1S/C12H16N2O5/c15-7-9-3-1-2-8(9)6-13-12(16)10-4-5-11(19-10)14(17)18/h4-5,8-9,15H,1-3,6-7H2,(H,13,16). The quantitative estimate of drug-likeness (QED) is 0.619. The van der Waals surface area contributed by atoms with Crippen LogP contribution in [-0.4, -0.2) is 29.1 Å². The molecule has 104 valence electrons. The molecule has 0 bridgehead atoms. The number of hydrogen-bond donors (Lipinski definition) is 2. The predicted octanol–water partition coefficient (Wildman–Crippen LogP) is 1.33. The third-order valence-corrected chi connectivity index (χ3v) is 3.57. The molecular formula is C12H16N2O5. The van der Waals surface area contributed by atoms with Gasteiger partial charge >= 0.3 is 5.88 Å². The van der Waals surface area contributed by atoms with E-state index in [1.807, 2.05) is 0 Å². The second-order valence-electron chi connectivity index (χ2n) is 4.74. The van der Waals surface area contributed by atoms with E-state index in [4.69, 9.17) is 4.42 Å². The van der Waals surface area contributed by atoms with Crippen molar-refractivity contribution in [3.05, 3.63) is 28.0 Å². The second kappa shape index (κ2) is 5.83. The van der Waals surface area contributed by atoms with E-state index >= 15 is 0 Å². The zero-order valence-corrected chi connectivity index (χ0v) is 10.4. The molecule has 0 radical (unpaired) electrons. The van der Waals surface area contributed by atoms with Crippen molar-refractivity contribution in [2.24, 2.45) is 11.8 Å². The molecule has 2 unspecified atom stereocenters. The molecule has 0 aromatic carbocycles. The van der Waals surface area contributed by atoms with E-state index in [1.54, 1.807) is 0 Å². The molecule has 7 heteroatoms. The Bertz CT molecular complexity index is 470. The van der Waals surface area contributed by atoms with Crippen LogP contribution >= 0.6 is 0 Å². The predicted molar refractivity (Wildman–Crippen MR) is 65.6 cm³/mol. The molecule has 1 aromatic rings. The molecule has 0 saturated heterocycles. The summed E-state index contributed by atoms with van der Waals surface area (Å²) in [7, 11) is 0. The van der Waals surface area contributed by atoms with Gasteiger partial charge in [0.15, 0.2) is 5.76 Å². The van der Waals surface area contributed by atoms with Crippen LogP contribution in [0.1, 0.15) is 29.8 Å². The van der Waals surface area contributed by atoms with E-state index in [0.29, 0.717) is 6.54 Å². The zero-order valence-electron chi connectivity index (χ0n) is 10.4. The maximum Gasteiger partial charge on any atom is 0.433 e. The minimum Gasteiger partial charge on any atom is -0.396 e. The van der Waals surface area contributed by atoms with E-state index in [-0.39, 0.29) is 24.2 Å². The molecule has 19 heavy (non-hydrogen) atoms. The summed E-state index contributed by atoms with van der Waals surface area (Å²) in [6.07, 6.45) is 3.01. The Morgan fingerprint density at radius 1 is 1.47 bits per heavy atom. The number of nitrogens with one attached hydrogen (secondary N) is 1. The van der Waals surface area contributed by atoms with Crippen molar-refractivity contribution < 1.29 is 19.2 Å². The Hall–Kier alpha value is -1.89. The lowest BCUT2D eigenvalue weighted by molar-refractivity contribution is -0.402. The average molecular weight is 268 g/mol. The number of aliphatic hydroxyl groups excluding tert-OH is 1. The monoisotopic (exact) mass is 268 g/mol. The average Bonchev–Trinajstić information content (AvgIpc) is 3.04. The Balaban J connectivity index is 1.88. The van der Waals surface area contributed by atoms with Crippen LogP contribution in [0.5, 0.6) is 0 Å². The molecule has 1 fully saturated rings. The summed E-state index contributed by atoms with van der Waals surface area (Å²) in [5.74, 6) is -0.480. The molecule has 1 amide bonds. The van der Waals surface area contributed by atoms with E-state index in [1.165, 1.54) is 6.07 Å². The third-order valence-electron chi connectivity index (χ3n) is 3.57. The van der Waals surface area contributed by atoms with Gasteiger partial charge in [0.05, 0.1) is 6.07 Å². The fourth-order valence-corrected chi connectivity index (χ4v) is 2.48. The van der Waals surface area contributed by atoms with Gasteiger partial charge in [0.2, 0.25) is 0 Å². The Morgan fingerprint density at radius 3 is 2.84 bits per heavy atom. The van der Waals surface area contributed by atoms with Gasteiger partial charge in [-0.15, -0.1) is 0 Å². The van der Waals surface area contributed by atoms with Crippen molar-refractivity contribution in [1.29, 1.82) is 0 Å². The molecular weight excluding hydrogens is 252 g/mol. The van der Waals surface area contributed by atoms with E-state index < -0.39 is 16.7 Å². The van der Waals surface area contributed by atoms with Gasteiger partial charge in [-0.2, -0.15) is 0 Å². The zero-order chi connectivity index (χ0) is 13.8. The van der Waals surface area contributed by atoms with Crippen LogP contribution in [0.25, 0.3) is 0 Å². The van der Waals surface area contributed by atoms with Crippen LogP contribution < -0.4 is 5.32 Å². The summed E-state index contributed by atoms with van der Waals surface area (Å²) in [5.41, 5.74) is 0. The van der Waals surface area contributed by atoms with Gasteiger partial charge in [-0.3, -0.25) is 14.9 Å². The van der Waals surface area contributed by atoms with Gasteiger partial charge in [0.25, 0.3) is 5.91 Å². The SMILES string of the molecule is O=C(NCC1CCCC1CO)c1ccc([N+](=O)[O-])o1. The summed E-state index contributed by atoms with van der Waals surface area (Å²) in [5, 5.41) is 22.3. The molecule has 1 aliphatic carbocycles. The molecule has 0 spiro atoms. The van der Waals surface area contributed by atoms with Crippen LogP contribution in [0, 0.1) is 22.0 Å². The summed E-state index contributed by atoms with van der Waals surface area (Å²) in [6, 6.07) is 2.44. The molecule has 2 atom stereocenters. The summed E-state index contributed by atoms with van der Waals surface area (Å²) < 4.78 is 4.81. The molecule has 1 heterocycles. The van der Waals surface area contributed by atoms with E-state index in [0.717, 1.165) is 25.3 Å². The number of hydrogen-bond acceptors (Lipinski definition) is 5. The lowest BCUT2D eigenvalue weighted by atomic mass is 9.97. The largest absolute Gasteiger partial charge is 0.433 e. The van der Waals surface area contributed by atoms with Crippen molar-refractivity contribution in [3.8, 4) is 0 Å². The minimum atomic E-state index is -0.685. The normalized spacial score (nSPS) is 22.4. The van der Waals surface area contributed by atoms with Crippen LogP contribution in [0.2, 0.25) is 0 Å². The number of aliphatic hydroxyl groups is 1. The van der Waals surface area contributed by atoms with Gasteiger partial charge in [-0.1, -0.05) is 6.42 Å². The van der Waals surface area contributed by atoms with E-state index in [9.17, 15) is 20.0 Å². The number of furan rings is 1. The van der Waals surface area contributed by atoms with Crippen LogP contribution in [0.15, 0.2) is 16.5 Å². The van der Waals surface area contributed by atoms with Gasteiger partial charge in [0, 0.05) is 13.2 Å². The highest BCUT2D eigenvalue weighted by Gasteiger charge is 2.27.